The van der Waals surface area contributed by atoms with Crippen LogP contribution in [-0.2, 0) is 0 Å². The molecule has 0 aromatic heterocycles. The van der Waals surface area contributed by atoms with Gasteiger partial charge < -0.3 is 5.32 Å². The molecule has 76 valence electrons. The average molecular weight is 230 g/mol. The van der Waals surface area contributed by atoms with E-state index < -0.39 is 0 Å². The van der Waals surface area contributed by atoms with E-state index in [9.17, 15) is 4.79 Å². The van der Waals surface area contributed by atoms with Crippen LogP contribution >= 0.6 is 23.4 Å². The molecule has 0 heterocycles. The number of ketones is 1. The summed E-state index contributed by atoms with van der Waals surface area (Å²) in [6.45, 7) is 0.341. The lowest BCUT2D eigenvalue weighted by molar-refractivity contribution is 0.0993. The predicted molar refractivity (Wildman–Crippen MR) is 61.5 cm³/mol. The Balaban J connectivity index is 2.96. The number of benzene rings is 1. The SMILES string of the molecule is CNCC(=O)c1cc(Cl)cc(SC)c1. The zero-order valence-electron chi connectivity index (χ0n) is 8.13. The Bertz CT molecular complexity index is 341. The zero-order chi connectivity index (χ0) is 10.6. The summed E-state index contributed by atoms with van der Waals surface area (Å²) in [5.41, 5.74) is 0.663. The molecular formula is C10H12ClNOS. The minimum absolute atomic E-state index is 0.0605. The lowest BCUT2D eigenvalue weighted by Gasteiger charge is -2.03. The van der Waals surface area contributed by atoms with Crippen LogP contribution in [0.4, 0.5) is 0 Å². The lowest BCUT2D eigenvalue weighted by atomic mass is 10.1. The molecule has 0 fully saturated rings. The number of Topliss-reactive ketones (excluding diaryl/α,β-unsaturated/α-hetero) is 1. The van der Waals surface area contributed by atoms with Gasteiger partial charge in [0.15, 0.2) is 5.78 Å². The predicted octanol–water partition coefficient (Wildman–Crippen LogP) is 2.46. The molecule has 0 aliphatic heterocycles. The highest BCUT2D eigenvalue weighted by molar-refractivity contribution is 7.98. The molecule has 1 N–H and O–H groups in total. The van der Waals surface area contributed by atoms with Gasteiger partial charge in [-0.05, 0) is 31.5 Å². The molecule has 0 atom stereocenters. The summed E-state index contributed by atoms with van der Waals surface area (Å²) in [4.78, 5) is 12.5. The second-order valence-electron chi connectivity index (χ2n) is 2.83. The summed E-state index contributed by atoms with van der Waals surface area (Å²) >= 11 is 7.46. The van der Waals surface area contributed by atoms with Crippen molar-refractivity contribution < 1.29 is 4.79 Å². The van der Waals surface area contributed by atoms with Crippen LogP contribution in [0.5, 0.6) is 0 Å². The van der Waals surface area contributed by atoms with E-state index in [2.05, 4.69) is 5.32 Å². The van der Waals surface area contributed by atoms with Gasteiger partial charge in [0.2, 0.25) is 0 Å². The summed E-state index contributed by atoms with van der Waals surface area (Å²) in [5, 5.41) is 3.43. The van der Waals surface area contributed by atoms with Gasteiger partial charge >= 0.3 is 0 Å². The fraction of sp³-hybridized carbons (Fsp3) is 0.300. The Kier molecular flexibility index (Phi) is 4.45. The molecule has 2 nitrogen and oxygen atoms in total. The third kappa shape index (κ3) is 3.01. The molecule has 14 heavy (non-hydrogen) atoms. The van der Waals surface area contributed by atoms with E-state index in [1.807, 2.05) is 18.4 Å². The fourth-order valence-corrected chi connectivity index (χ4v) is 1.89. The van der Waals surface area contributed by atoms with Gasteiger partial charge in [-0.3, -0.25) is 4.79 Å². The van der Waals surface area contributed by atoms with Crippen molar-refractivity contribution in [3.8, 4) is 0 Å². The van der Waals surface area contributed by atoms with Crippen LogP contribution in [0.1, 0.15) is 10.4 Å². The van der Waals surface area contributed by atoms with Gasteiger partial charge in [0.05, 0.1) is 6.54 Å². The normalized spacial score (nSPS) is 10.2. The van der Waals surface area contributed by atoms with Crippen LogP contribution in [0.3, 0.4) is 0 Å². The Morgan fingerprint density at radius 1 is 1.50 bits per heavy atom. The summed E-state index contributed by atoms with van der Waals surface area (Å²) in [7, 11) is 1.75. The zero-order valence-corrected chi connectivity index (χ0v) is 9.71. The van der Waals surface area contributed by atoms with Crippen molar-refractivity contribution >= 4 is 29.1 Å². The molecule has 4 heteroatoms. The summed E-state index contributed by atoms with van der Waals surface area (Å²) in [5.74, 6) is 0.0605. The first kappa shape index (κ1) is 11.6. The average Bonchev–Trinajstić information content (AvgIpc) is 2.17. The molecule has 0 radical (unpaired) electrons. The van der Waals surface area contributed by atoms with E-state index in [1.54, 1.807) is 24.9 Å². The van der Waals surface area contributed by atoms with Crippen LogP contribution in [-0.4, -0.2) is 25.6 Å². The summed E-state index contributed by atoms with van der Waals surface area (Å²) in [6.07, 6.45) is 1.96. The van der Waals surface area contributed by atoms with E-state index in [0.29, 0.717) is 17.1 Å². The van der Waals surface area contributed by atoms with Gasteiger partial charge in [-0.1, -0.05) is 11.6 Å². The van der Waals surface area contributed by atoms with Crippen LogP contribution in [0.15, 0.2) is 23.1 Å². The second-order valence-corrected chi connectivity index (χ2v) is 4.15. The van der Waals surface area contributed by atoms with E-state index in [-0.39, 0.29) is 5.78 Å². The maximum absolute atomic E-state index is 11.5. The quantitative estimate of drug-likeness (QED) is 0.635. The van der Waals surface area contributed by atoms with E-state index in [4.69, 9.17) is 11.6 Å². The van der Waals surface area contributed by atoms with E-state index in [0.717, 1.165) is 4.90 Å². The van der Waals surface area contributed by atoms with Gasteiger partial charge in [-0.15, -0.1) is 11.8 Å². The number of carbonyl (C=O) groups is 1. The first-order valence-electron chi connectivity index (χ1n) is 4.19. The smallest absolute Gasteiger partial charge is 0.176 e. The number of thioether (sulfide) groups is 1. The number of nitrogens with one attached hydrogen (secondary N) is 1. The molecule has 0 spiro atoms. The highest BCUT2D eigenvalue weighted by Crippen LogP contribution is 2.22. The number of halogens is 1. The first-order chi connectivity index (χ1) is 6.67. The standard InChI is InChI=1S/C10H12ClNOS/c1-12-6-10(13)7-3-8(11)5-9(4-7)14-2/h3-5,12H,6H2,1-2H3. The van der Waals surface area contributed by atoms with Gasteiger partial charge in [0.25, 0.3) is 0 Å². The van der Waals surface area contributed by atoms with Gasteiger partial charge in [0, 0.05) is 15.5 Å². The Morgan fingerprint density at radius 3 is 2.79 bits per heavy atom. The number of carbonyl (C=O) groups excluding carboxylic acids is 1. The molecule has 0 aliphatic carbocycles. The Labute approximate surface area is 93.0 Å². The van der Waals surface area contributed by atoms with Crippen molar-refractivity contribution in [2.75, 3.05) is 19.8 Å². The summed E-state index contributed by atoms with van der Waals surface area (Å²) in [6, 6.07) is 5.40. The van der Waals surface area contributed by atoms with Crippen LogP contribution < -0.4 is 5.32 Å². The van der Waals surface area contributed by atoms with Crippen molar-refractivity contribution in [3.05, 3.63) is 28.8 Å². The minimum atomic E-state index is 0.0605. The highest BCUT2D eigenvalue weighted by Gasteiger charge is 2.06. The largest absolute Gasteiger partial charge is 0.313 e. The third-order valence-electron chi connectivity index (χ3n) is 1.77. The maximum Gasteiger partial charge on any atom is 0.176 e. The molecule has 0 amide bonds. The lowest BCUT2D eigenvalue weighted by Crippen LogP contribution is -2.18. The van der Waals surface area contributed by atoms with Crippen molar-refractivity contribution in [1.29, 1.82) is 0 Å². The van der Waals surface area contributed by atoms with E-state index in [1.165, 1.54) is 0 Å². The molecule has 0 bridgehead atoms. The number of hydrogen-bond donors (Lipinski definition) is 1. The van der Waals surface area contributed by atoms with Crippen molar-refractivity contribution in [2.45, 2.75) is 4.90 Å². The molecule has 1 rings (SSSR count). The van der Waals surface area contributed by atoms with Crippen molar-refractivity contribution in [2.24, 2.45) is 0 Å². The molecule has 1 aromatic rings. The van der Waals surface area contributed by atoms with Gasteiger partial charge in [0.1, 0.15) is 0 Å². The van der Waals surface area contributed by atoms with Gasteiger partial charge in [-0.25, -0.2) is 0 Å². The Hall–Kier alpha value is -0.510. The van der Waals surface area contributed by atoms with Crippen LogP contribution in [0.2, 0.25) is 5.02 Å². The molecule has 0 saturated carbocycles. The molecule has 0 unspecified atom stereocenters. The second kappa shape index (κ2) is 5.39. The number of likely N-dealkylation sites (N-methyl/N-ethyl adjacent to an activating group) is 1. The van der Waals surface area contributed by atoms with Crippen LogP contribution in [0.25, 0.3) is 0 Å². The molecule has 1 aromatic carbocycles. The number of rotatable bonds is 4. The van der Waals surface area contributed by atoms with Crippen molar-refractivity contribution in [1.82, 2.24) is 5.32 Å². The monoisotopic (exact) mass is 229 g/mol. The van der Waals surface area contributed by atoms with Gasteiger partial charge in [-0.2, -0.15) is 0 Å². The highest BCUT2D eigenvalue weighted by atomic mass is 35.5. The topological polar surface area (TPSA) is 29.1 Å². The van der Waals surface area contributed by atoms with E-state index >= 15 is 0 Å². The third-order valence-corrected chi connectivity index (χ3v) is 2.69. The molecular weight excluding hydrogens is 218 g/mol. The van der Waals surface area contributed by atoms with Crippen LogP contribution in [0, 0.1) is 0 Å². The molecule has 0 aliphatic rings. The Morgan fingerprint density at radius 2 is 2.21 bits per heavy atom. The summed E-state index contributed by atoms with van der Waals surface area (Å²) < 4.78 is 0. The first-order valence-corrected chi connectivity index (χ1v) is 5.80. The fourth-order valence-electron chi connectivity index (χ4n) is 1.10. The maximum atomic E-state index is 11.5. The minimum Gasteiger partial charge on any atom is -0.313 e. The number of hydrogen-bond acceptors (Lipinski definition) is 3. The van der Waals surface area contributed by atoms with Crippen molar-refractivity contribution in [3.63, 3.8) is 0 Å². The molecule has 0 saturated heterocycles.